The summed E-state index contributed by atoms with van der Waals surface area (Å²) in [5, 5.41) is 2.91. The first-order chi connectivity index (χ1) is 14.6. The summed E-state index contributed by atoms with van der Waals surface area (Å²) in [7, 11) is 0. The number of nitrogen functional groups attached to an aromatic ring is 1. The van der Waals surface area contributed by atoms with Crippen LogP contribution >= 0.6 is 0 Å². The number of likely N-dealkylation sites (tertiary alicyclic amines) is 1. The van der Waals surface area contributed by atoms with Crippen molar-refractivity contribution < 1.29 is 9.59 Å². The summed E-state index contributed by atoms with van der Waals surface area (Å²) in [4.78, 5) is 31.0. The van der Waals surface area contributed by atoms with Crippen molar-refractivity contribution in [2.24, 2.45) is 5.92 Å². The van der Waals surface area contributed by atoms with Gasteiger partial charge in [-0.2, -0.15) is 0 Å². The van der Waals surface area contributed by atoms with Crippen LogP contribution in [0, 0.1) is 5.92 Å². The second-order valence-electron chi connectivity index (χ2n) is 7.69. The highest BCUT2D eigenvalue weighted by Gasteiger charge is 2.26. The molecule has 1 aromatic carbocycles. The smallest absolute Gasteiger partial charge is 0.243 e. The van der Waals surface area contributed by atoms with Gasteiger partial charge in [-0.25, -0.2) is 0 Å². The average molecular weight is 407 g/mol. The van der Waals surface area contributed by atoms with Crippen LogP contribution in [0.5, 0.6) is 0 Å². The highest BCUT2D eigenvalue weighted by Crippen LogP contribution is 2.24. The maximum Gasteiger partial charge on any atom is 0.243 e. The molecule has 1 aliphatic rings. The van der Waals surface area contributed by atoms with Gasteiger partial charge in [0.1, 0.15) is 0 Å². The zero-order chi connectivity index (χ0) is 21.2. The summed E-state index contributed by atoms with van der Waals surface area (Å²) in [6, 6.07) is 11.1. The molecule has 0 saturated carbocycles. The molecule has 0 bridgehead atoms. The highest BCUT2D eigenvalue weighted by atomic mass is 16.1. The number of hydrogen-bond acceptors (Lipinski definition) is 5. The largest absolute Gasteiger partial charge is 0.398 e. The number of benzene rings is 1. The average Bonchev–Trinajstić information content (AvgIpc) is 2.78. The number of aromatic nitrogens is 1. The lowest BCUT2D eigenvalue weighted by molar-refractivity contribution is -0.116. The number of para-hydroxylation sites is 1. The van der Waals surface area contributed by atoms with Crippen molar-refractivity contribution in [3.8, 4) is 0 Å². The number of piperidine rings is 1. The van der Waals surface area contributed by atoms with Crippen molar-refractivity contribution in [1.82, 2.24) is 15.2 Å². The minimum absolute atomic E-state index is 0.0665. The molecule has 0 aliphatic carbocycles. The van der Waals surface area contributed by atoms with E-state index in [0.29, 0.717) is 17.8 Å². The van der Waals surface area contributed by atoms with E-state index in [1.165, 1.54) is 6.08 Å². The number of anilines is 1. The van der Waals surface area contributed by atoms with Crippen molar-refractivity contribution in [2.45, 2.75) is 25.7 Å². The fraction of sp³-hybridized carbons (Fsp3) is 0.375. The minimum atomic E-state index is -0.0848. The van der Waals surface area contributed by atoms with E-state index in [1.54, 1.807) is 24.5 Å². The molecule has 158 valence electrons. The molecular weight excluding hydrogens is 376 g/mol. The molecule has 3 rings (SSSR count). The molecule has 1 aromatic heterocycles. The SMILES string of the molecule is Nc1ccccc1C(=O)C1CCN(CCCCNC(=O)C=Cc2cccnc2)CC1. The van der Waals surface area contributed by atoms with E-state index in [4.69, 9.17) is 5.73 Å². The van der Waals surface area contributed by atoms with Gasteiger partial charge in [-0.3, -0.25) is 14.6 Å². The van der Waals surface area contributed by atoms with Crippen LogP contribution in [0.25, 0.3) is 6.08 Å². The van der Waals surface area contributed by atoms with Crippen molar-refractivity contribution in [1.29, 1.82) is 0 Å². The molecule has 6 nitrogen and oxygen atoms in total. The standard InChI is InChI=1S/C24H30N4O2/c25-22-8-2-1-7-21(22)24(30)20-11-16-28(17-12-20)15-4-3-14-27-23(29)10-9-19-6-5-13-26-18-19/h1-2,5-10,13,18,20H,3-4,11-12,14-17,25H2,(H,27,29). The summed E-state index contributed by atoms with van der Waals surface area (Å²) in [5.41, 5.74) is 8.09. The van der Waals surface area contributed by atoms with E-state index < -0.39 is 0 Å². The van der Waals surface area contributed by atoms with Gasteiger partial charge in [0.2, 0.25) is 5.91 Å². The molecule has 1 fully saturated rings. The molecular formula is C24H30N4O2. The van der Waals surface area contributed by atoms with Gasteiger partial charge in [-0.1, -0.05) is 18.2 Å². The molecule has 2 aromatic rings. The third kappa shape index (κ3) is 6.52. The molecule has 3 N–H and O–H groups in total. The number of carbonyl (C=O) groups is 2. The molecule has 0 spiro atoms. The Morgan fingerprint density at radius 3 is 2.67 bits per heavy atom. The Bertz CT molecular complexity index is 859. The van der Waals surface area contributed by atoms with E-state index in [9.17, 15) is 9.59 Å². The molecule has 1 saturated heterocycles. The first-order valence-electron chi connectivity index (χ1n) is 10.6. The number of nitrogens with zero attached hydrogens (tertiary/aromatic N) is 2. The van der Waals surface area contributed by atoms with Crippen LogP contribution in [0.4, 0.5) is 5.69 Å². The number of unbranched alkanes of at least 4 members (excludes halogenated alkanes) is 1. The monoisotopic (exact) mass is 406 g/mol. The highest BCUT2D eigenvalue weighted by molar-refractivity contribution is 6.02. The van der Waals surface area contributed by atoms with Crippen LogP contribution < -0.4 is 11.1 Å². The zero-order valence-electron chi connectivity index (χ0n) is 17.3. The van der Waals surface area contributed by atoms with Gasteiger partial charge in [-0.15, -0.1) is 0 Å². The predicted octanol–water partition coefficient (Wildman–Crippen LogP) is 3.17. The first-order valence-corrected chi connectivity index (χ1v) is 10.6. The summed E-state index contributed by atoms with van der Waals surface area (Å²) in [6.45, 7) is 3.53. The van der Waals surface area contributed by atoms with Gasteiger partial charge in [0, 0.05) is 42.2 Å². The van der Waals surface area contributed by atoms with E-state index >= 15 is 0 Å². The van der Waals surface area contributed by atoms with Crippen LogP contribution in [0.1, 0.15) is 41.6 Å². The maximum absolute atomic E-state index is 12.7. The fourth-order valence-corrected chi connectivity index (χ4v) is 3.74. The Kier molecular flexibility index (Phi) is 8.15. The first kappa shape index (κ1) is 21.7. The van der Waals surface area contributed by atoms with Gasteiger partial charge in [0.25, 0.3) is 0 Å². The van der Waals surface area contributed by atoms with Gasteiger partial charge in [0.15, 0.2) is 5.78 Å². The normalized spacial score (nSPS) is 15.3. The van der Waals surface area contributed by atoms with Gasteiger partial charge >= 0.3 is 0 Å². The lowest BCUT2D eigenvalue weighted by Crippen LogP contribution is -2.37. The van der Waals surface area contributed by atoms with Crippen LogP contribution in [0.2, 0.25) is 0 Å². The molecule has 0 unspecified atom stereocenters. The number of Topliss-reactive ketones (excluding diaryl/α,β-unsaturated/α-hetero) is 1. The molecule has 30 heavy (non-hydrogen) atoms. The van der Waals surface area contributed by atoms with E-state index in [0.717, 1.165) is 50.9 Å². The van der Waals surface area contributed by atoms with Crippen molar-refractivity contribution in [3.05, 3.63) is 66.0 Å². The Hall–Kier alpha value is -2.99. The molecule has 0 atom stereocenters. The van der Waals surface area contributed by atoms with Gasteiger partial charge in [0.05, 0.1) is 0 Å². The lowest BCUT2D eigenvalue weighted by atomic mass is 9.88. The Labute approximate surface area is 178 Å². The number of nitrogens with one attached hydrogen (secondary N) is 1. The lowest BCUT2D eigenvalue weighted by Gasteiger charge is -2.31. The number of nitrogens with two attached hydrogens (primary N) is 1. The topological polar surface area (TPSA) is 88.3 Å². The van der Waals surface area contributed by atoms with Crippen molar-refractivity contribution in [2.75, 3.05) is 31.9 Å². The number of pyridine rings is 1. The summed E-state index contributed by atoms with van der Waals surface area (Å²) in [5.74, 6) is 0.157. The summed E-state index contributed by atoms with van der Waals surface area (Å²) >= 11 is 0. The van der Waals surface area contributed by atoms with Gasteiger partial charge in [-0.05, 0) is 75.2 Å². The number of ketones is 1. The Morgan fingerprint density at radius 1 is 1.13 bits per heavy atom. The molecule has 0 radical (unpaired) electrons. The second kappa shape index (κ2) is 11.3. The number of hydrogen-bond donors (Lipinski definition) is 2. The van der Waals surface area contributed by atoms with Crippen molar-refractivity contribution >= 4 is 23.5 Å². The second-order valence-corrected chi connectivity index (χ2v) is 7.69. The van der Waals surface area contributed by atoms with Crippen LogP contribution in [-0.2, 0) is 4.79 Å². The quantitative estimate of drug-likeness (QED) is 0.289. The maximum atomic E-state index is 12.7. The number of amides is 1. The van der Waals surface area contributed by atoms with Crippen LogP contribution in [0.3, 0.4) is 0 Å². The van der Waals surface area contributed by atoms with Crippen molar-refractivity contribution in [3.63, 3.8) is 0 Å². The number of rotatable bonds is 9. The van der Waals surface area contributed by atoms with Crippen LogP contribution in [0.15, 0.2) is 54.9 Å². The number of carbonyl (C=O) groups excluding carboxylic acids is 2. The van der Waals surface area contributed by atoms with E-state index in [2.05, 4.69) is 15.2 Å². The van der Waals surface area contributed by atoms with Crippen LogP contribution in [-0.4, -0.2) is 47.8 Å². The van der Waals surface area contributed by atoms with E-state index in [-0.39, 0.29) is 17.6 Å². The Morgan fingerprint density at radius 2 is 1.93 bits per heavy atom. The van der Waals surface area contributed by atoms with E-state index in [1.807, 2.05) is 30.3 Å². The Balaban J connectivity index is 1.29. The fourth-order valence-electron chi connectivity index (χ4n) is 3.74. The molecule has 1 amide bonds. The molecule has 6 heteroatoms. The summed E-state index contributed by atoms with van der Waals surface area (Å²) in [6.07, 6.45) is 10.4. The van der Waals surface area contributed by atoms with Gasteiger partial charge < -0.3 is 16.0 Å². The predicted molar refractivity (Wildman–Crippen MR) is 120 cm³/mol. The minimum Gasteiger partial charge on any atom is -0.398 e. The third-order valence-corrected chi connectivity index (χ3v) is 5.50. The zero-order valence-corrected chi connectivity index (χ0v) is 17.3. The summed E-state index contributed by atoms with van der Waals surface area (Å²) < 4.78 is 0. The molecule has 1 aliphatic heterocycles. The molecule has 2 heterocycles. The third-order valence-electron chi connectivity index (χ3n) is 5.50.